The number of thiazole rings is 1. The van der Waals surface area contributed by atoms with Crippen molar-refractivity contribution in [3.8, 4) is 0 Å². The Balaban J connectivity index is 0.00000208. The molecule has 8 heteroatoms. The number of benzene rings is 1. The molecule has 0 bridgehead atoms. The Morgan fingerprint density at radius 3 is 2.96 bits per heavy atom. The van der Waals surface area contributed by atoms with Crippen LogP contribution in [0.3, 0.4) is 0 Å². The number of fused-ring (bicyclic) bond motifs is 1. The molecular formula is C16H21Cl2N3O2S. The molecule has 1 atom stereocenters. The van der Waals surface area contributed by atoms with E-state index in [1.807, 2.05) is 18.2 Å². The fourth-order valence-corrected chi connectivity index (χ4v) is 3.87. The number of hydrogen-bond donors (Lipinski definition) is 2. The highest BCUT2D eigenvalue weighted by Gasteiger charge is 2.26. The van der Waals surface area contributed by atoms with Crippen LogP contribution in [0.25, 0.3) is 10.2 Å². The molecule has 3 rings (SSSR count). The normalized spacial score (nSPS) is 16.6. The highest BCUT2D eigenvalue weighted by atomic mass is 35.5. The van der Waals surface area contributed by atoms with Crippen LogP contribution < -0.4 is 11.1 Å². The minimum atomic E-state index is -0.451. The molecule has 1 aromatic heterocycles. The van der Waals surface area contributed by atoms with Crippen molar-refractivity contribution < 1.29 is 9.53 Å². The van der Waals surface area contributed by atoms with Gasteiger partial charge in [0, 0.05) is 31.2 Å². The van der Waals surface area contributed by atoms with Crippen molar-refractivity contribution in [2.24, 2.45) is 11.7 Å². The summed E-state index contributed by atoms with van der Waals surface area (Å²) >= 11 is 7.59. The van der Waals surface area contributed by atoms with E-state index in [0.717, 1.165) is 28.1 Å². The lowest BCUT2D eigenvalue weighted by atomic mass is 9.92. The van der Waals surface area contributed by atoms with E-state index in [0.29, 0.717) is 31.2 Å². The SMILES string of the molecule is Cl.NC(C(=O)NCCc1nc2cc(Cl)ccc2s1)C1CCOCC1. The van der Waals surface area contributed by atoms with Gasteiger partial charge in [-0.15, -0.1) is 23.7 Å². The van der Waals surface area contributed by atoms with Gasteiger partial charge in [0.05, 0.1) is 21.3 Å². The minimum Gasteiger partial charge on any atom is -0.381 e. The largest absolute Gasteiger partial charge is 0.381 e. The van der Waals surface area contributed by atoms with E-state index in [2.05, 4.69) is 10.3 Å². The van der Waals surface area contributed by atoms with E-state index in [-0.39, 0.29) is 24.2 Å². The van der Waals surface area contributed by atoms with E-state index in [1.165, 1.54) is 0 Å². The number of carbonyl (C=O) groups is 1. The number of halogens is 2. The molecule has 3 N–H and O–H groups in total. The highest BCUT2D eigenvalue weighted by molar-refractivity contribution is 7.18. The summed E-state index contributed by atoms with van der Waals surface area (Å²) in [6.45, 7) is 1.93. The van der Waals surface area contributed by atoms with Crippen LogP contribution in [0.1, 0.15) is 17.8 Å². The van der Waals surface area contributed by atoms with Crippen LogP contribution in [0.2, 0.25) is 5.02 Å². The van der Waals surface area contributed by atoms with Gasteiger partial charge in [0.25, 0.3) is 0 Å². The maximum atomic E-state index is 12.1. The molecule has 0 saturated carbocycles. The second kappa shape index (κ2) is 8.97. The van der Waals surface area contributed by atoms with Crippen molar-refractivity contribution in [1.29, 1.82) is 0 Å². The number of aromatic nitrogens is 1. The molecule has 1 aromatic carbocycles. The average Bonchev–Trinajstić information content (AvgIpc) is 2.96. The van der Waals surface area contributed by atoms with Crippen LogP contribution in [0.5, 0.6) is 0 Å². The molecule has 0 aliphatic carbocycles. The Morgan fingerprint density at radius 1 is 1.46 bits per heavy atom. The van der Waals surface area contributed by atoms with E-state index in [4.69, 9.17) is 22.1 Å². The Labute approximate surface area is 156 Å². The van der Waals surface area contributed by atoms with Crippen molar-refractivity contribution >= 4 is 51.5 Å². The summed E-state index contributed by atoms with van der Waals surface area (Å²) in [5.41, 5.74) is 6.96. The minimum absolute atomic E-state index is 0. The van der Waals surface area contributed by atoms with Crippen molar-refractivity contribution in [2.45, 2.75) is 25.3 Å². The molecule has 1 unspecified atom stereocenters. The van der Waals surface area contributed by atoms with Gasteiger partial charge in [0.1, 0.15) is 0 Å². The van der Waals surface area contributed by atoms with Gasteiger partial charge in [-0.05, 0) is 37.0 Å². The fourth-order valence-electron chi connectivity index (χ4n) is 2.75. The molecule has 0 radical (unpaired) electrons. The number of rotatable bonds is 5. The predicted octanol–water partition coefficient (Wildman–Crippen LogP) is 2.78. The second-order valence-corrected chi connectivity index (χ2v) is 7.29. The monoisotopic (exact) mass is 389 g/mol. The summed E-state index contributed by atoms with van der Waals surface area (Å²) in [6.07, 6.45) is 2.41. The smallest absolute Gasteiger partial charge is 0.237 e. The topological polar surface area (TPSA) is 77.2 Å². The quantitative estimate of drug-likeness (QED) is 0.823. The first-order valence-corrected chi connectivity index (χ1v) is 8.99. The average molecular weight is 390 g/mol. The van der Waals surface area contributed by atoms with Crippen molar-refractivity contribution in [2.75, 3.05) is 19.8 Å². The zero-order valence-electron chi connectivity index (χ0n) is 13.2. The first kappa shape index (κ1) is 19.4. The molecular weight excluding hydrogens is 369 g/mol. The van der Waals surface area contributed by atoms with E-state index >= 15 is 0 Å². The van der Waals surface area contributed by atoms with E-state index in [9.17, 15) is 4.79 Å². The van der Waals surface area contributed by atoms with Gasteiger partial charge >= 0.3 is 0 Å². The lowest BCUT2D eigenvalue weighted by molar-refractivity contribution is -0.124. The Kier molecular flexibility index (Phi) is 7.25. The maximum Gasteiger partial charge on any atom is 0.237 e. The second-order valence-electron chi connectivity index (χ2n) is 5.74. The highest BCUT2D eigenvalue weighted by Crippen LogP contribution is 2.25. The van der Waals surface area contributed by atoms with Gasteiger partial charge in [-0.25, -0.2) is 4.98 Å². The van der Waals surface area contributed by atoms with Gasteiger partial charge in [0.2, 0.25) is 5.91 Å². The Morgan fingerprint density at radius 2 is 2.21 bits per heavy atom. The van der Waals surface area contributed by atoms with E-state index < -0.39 is 6.04 Å². The molecule has 132 valence electrons. The lowest BCUT2D eigenvalue weighted by Gasteiger charge is -2.26. The number of carbonyl (C=O) groups excluding carboxylic acids is 1. The molecule has 5 nitrogen and oxygen atoms in total. The third kappa shape index (κ3) is 4.80. The number of amides is 1. The molecule has 1 fully saturated rings. The summed E-state index contributed by atoms with van der Waals surface area (Å²) in [5, 5.41) is 4.59. The van der Waals surface area contributed by atoms with Gasteiger partial charge in [-0.2, -0.15) is 0 Å². The van der Waals surface area contributed by atoms with Gasteiger partial charge in [-0.1, -0.05) is 11.6 Å². The van der Waals surface area contributed by atoms with Gasteiger partial charge in [-0.3, -0.25) is 4.79 Å². The van der Waals surface area contributed by atoms with Crippen molar-refractivity contribution in [3.05, 3.63) is 28.2 Å². The molecule has 24 heavy (non-hydrogen) atoms. The van der Waals surface area contributed by atoms with Gasteiger partial charge < -0.3 is 15.8 Å². The number of nitrogens with one attached hydrogen (secondary N) is 1. The molecule has 2 heterocycles. The number of hydrogen-bond acceptors (Lipinski definition) is 5. The van der Waals surface area contributed by atoms with Crippen LogP contribution >= 0.6 is 35.3 Å². The molecule has 1 amide bonds. The number of nitrogens with two attached hydrogens (primary N) is 1. The summed E-state index contributed by atoms with van der Waals surface area (Å²) < 4.78 is 6.41. The Bertz CT molecular complexity index is 689. The van der Waals surface area contributed by atoms with Crippen LogP contribution in [-0.4, -0.2) is 36.7 Å². The van der Waals surface area contributed by atoms with Crippen LogP contribution in [0.15, 0.2) is 18.2 Å². The summed E-state index contributed by atoms with van der Waals surface area (Å²) in [7, 11) is 0. The Hall–Kier alpha value is -0.920. The molecule has 2 aromatic rings. The van der Waals surface area contributed by atoms with Crippen LogP contribution in [0.4, 0.5) is 0 Å². The molecule has 1 aliphatic heterocycles. The van der Waals surface area contributed by atoms with Crippen molar-refractivity contribution in [3.63, 3.8) is 0 Å². The van der Waals surface area contributed by atoms with Crippen molar-refractivity contribution in [1.82, 2.24) is 10.3 Å². The fraction of sp³-hybridized carbons (Fsp3) is 0.500. The third-order valence-electron chi connectivity index (χ3n) is 4.11. The number of nitrogens with zero attached hydrogens (tertiary/aromatic N) is 1. The molecule has 1 aliphatic rings. The molecule has 0 spiro atoms. The zero-order valence-corrected chi connectivity index (χ0v) is 15.6. The first-order chi connectivity index (χ1) is 11.1. The van der Waals surface area contributed by atoms with Gasteiger partial charge in [0.15, 0.2) is 0 Å². The van der Waals surface area contributed by atoms with Crippen LogP contribution in [-0.2, 0) is 16.0 Å². The third-order valence-corrected chi connectivity index (χ3v) is 5.44. The lowest BCUT2D eigenvalue weighted by Crippen LogP contribution is -2.47. The summed E-state index contributed by atoms with van der Waals surface area (Å²) in [5.74, 6) is 0.134. The maximum absolute atomic E-state index is 12.1. The first-order valence-electron chi connectivity index (χ1n) is 7.79. The zero-order chi connectivity index (χ0) is 16.2. The molecule has 1 saturated heterocycles. The van der Waals surface area contributed by atoms with E-state index in [1.54, 1.807) is 11.3 Å². The number of ether oxygens (including phenoxy) is 1. The predicted molar refractivity (Wildman–Crippen MR) is 100 cm³/mol. The standard InChI is InChI=1S/C16H20ClN3O2S.ClH/c17-11-1-2-13-12(9-11)20-14(23-13)3-6-19-16(21)15(18)10-4-7-22-8-5-10;/h1-2,9-10,15H,3-8,18H2,(H,19,21);1H. The van der Waals surface area contributed by atoms with Crippen LogP contribution in [0, 0.1) is 5.92 Å². The summed E-state index contributed by atoms with van der Waals surface area (Å²) in [4.78, 5) is 16.7. The summed E-state index contributed by atoms with van der Waals surface area (Å²) in [6, 6.07) is 5.24.